The number of amides is 3. The van der Waals surface area contributed by atoms with E-state index < -0.39 is 0 Å². The second-order valence-electron chi connectivity index (χ2n) is 7.25. The van der Waals surface area contributed by atoms with Gasteiger partial charge in [-0.05, 0) is 19.8 Å². The molecule has 2 aliphatic heterocycles. The Balaban J connectivity index is 1.36. The Morgan fingerprint density at radius 2 is 2.04 bits per heavy atom. The van der Waals surface area contributed by atoms with Crippen molar-refractivity contribution < 1.29 is 14.1 Å². The Hall–Kier alpha value is -2.88. The number of carbonyl (C=O) groups is 2. The lowest BCUT2D eigenvalue weighted by molar-refractivity contribution is -0.126. The van der Waals surface area contributed by atoms with Crippen molar-refractivity contribution in [3.63, 3.8) is 0 Å². The van der Waals surface area contributed by atoms with Gasteiger partial charge < -0.3 is 9.42 Å². The van der Waals surface area contributed by atoms with Crippen LogP contribution in [-0.4, -0.2) is 75.4 Å². The van der Waals surface area contributed by atoms with Crippen LogP contribution in [0, 0.1) is 6.92 Å². The molecule has 1 atom stereocenters. The summed E-state index contributed by atoms with van der Waals surface area (Å²) in [6.45, 7) is 5.12. The zero-order valence-electron chi connectivity index (χ0n) is 16.2. The van der Waals surface area contributed by atoms with E-state index in [0.717, 1.165) is 24.4 Å². The monoisotopic (exact) mass is 387 g/mol. The van der Waals surface area contributed by atoms with Crippen molar-refractivity contribution in [3.05, 3.63) is 24.1 Å². The second kappa shape index (κ2) is 7.63. The maximum absolute atomic E-state index is 13.1. The molecule has 4 heterocycles. The highest BCUT2D eigenvalue weighted by Crippen LogP contribution is 2.25. The van der Waals surface area contributed by atoms with E-state index >= 15 is 0 Å². The molecule has 2 aliphatic rings. The highest BCUT2D eigenvalue weighted by atomic mass is 16.5. The molecular weight excluding hydrogens is 362 g/mol. The number of urea groups is 1. The SMILES string of the molecule is Cc1cc(N2CCCC(N3CCN(C(=O)Nc4ccon4)CC3)C2=O)n(C)n1. The van der Waals surface area contributed by atoms with Gasteiger partial charge in [0.15, 0.2) is 5.82 Å². The van der Waals surface area contributed by atoms with Gasteiger partial charge in [-0.15, -0.1) is 0 Å². The first-order valence-electron chi connectivity index (χ1n) is 9.55. The summed E-state index contributed by atoms with van der Waals surface area (Å²) < 4.78 is 6.49. The maximum Gasteiger partial charge on any atom is 0.323 e. The van der Waals surface area contributed by atoms with Crippen LogP contribution in [0.3, 0.4) is 0 Å². The first-order chi connectivity index (χ1) is 13.5. The molecule has 0 saturated carbocycles. The summed E-state index contributed by atoms with van der Waals surface area (Å²) in [4.78, 5) is 31.2. The van der Waals surface area contributed by atoms with Gasteiger partial charge in [0.25, 0.3) is 0 Å². The van der Waals surface area contributed by atoms with Gasteiger partial charge in [-0.3, -0.25) is 24.6 Å². The molecule has 0 bridgehead atoms. The number of nitrogens with one attached hydrogen (secondary N) is 1. The van der Waals surface area contributed by atoms with Crippen molar-refractivity contribution in [2.24, 2.45) is 7.05 Å². The molecule has 0 aliphatic carbocycles. The molecule has 2 fully saturated rings. The number of nitrogens with zero attached hydrogens (tertiary/aromatic N) is 6. The number of piperidine rings is 1. The normalized spacial score (nSPS) is 21.2. The summed E-state index contributed by atoms with van der Waals surface area (Å²) >= 11 is 0. The minimum absolute atomic E-state index is 0.120. The average Bonchev–Trinajstić information content (AvgIpc) is 3.31. The predicted octanol–water partition coefficient (Wildman–Crippen LogP) is 1.06. The summed E-state index contributed by atoms with van der Waals surface area (Å²) in [5.74, 6) is 1.37. The van der Waals surface area contributed by atoms with E-state index in [2.05, 4.69) is 20.5 Å². The van der Waals surface area contributed by atoms with Gasteiger partial charge in [0.05, 0.1) is 11.7 Å². The first kappa shape index (κ1) is 18.5. The van der Waals surface area contributed by atoms with E-state index in [0.29, 0.717) is 38.5 Å². The third kappa shape index (κ3) is 3.59. The highest BCUT2D eigenvalue weighted by Gasteiger charge is 2.36. The van der Waals surface area contributed by atoms with Crippen molar-refractivity contribution in [3.8, 4) is 0 Å². The molecule has 1 N–H and O–H groups in total. The maximum atomic E-state index is 13.1. The fourth-order valence-corrected chi connectivity index (χ4v) is 3.97. The van der Waals surface area contributed by atoms with Gasteiger partial charge in [0.2, 0.25) is 5.91 Å². The number of hydrogen-bond donors (Lipinski definition) is 1. The van der Waals surface area contributed by atoms with Crippen LogP contribution in [0.25, 0.3) is 0 Å². The van der Waals surface area contributed by atoms with E-state index in [1.165, 1.54) is 6.26 Å². The number of aryl methyl sites for hydroxylation is 2. The smallest absolute Gasteiger partial charge is 0.323 e. The molecule has 1 unspecified atom stereocenters. The van der Waals surface area contributed by atoms with Gasteiger partial charge in [-0.25, -0.2) is 4.79 Å². The molecule has 2 saturated heterocycles. The number of carbonyl (C=O) groups excluding carboxylic acids is 2. The van der Waals surface area contributed by atoms with E-state index in [9.17, 15) is 9.59 Å². The predicted molar refractivity (Wildman–Crippen MR) is 102 cm³/mol. The van der Waals surface area contributed by atoms with Crippen LogP contribution in [0.5, 0.6) is 0 Å². The average molecular weight is 387 g/mol. The summed E-state index contributed by atoms with van der Waals surface area (Å²) in [7, 11) is 1.87. The highest BCUT2D eigenvalue weighted by molar-refractivity contribution is 5.97. The van der Waals surface area contributed by atoms with Crippen molar-refractivity contribution in [2.45, 2.75) is 25.8 Å². The summed E-state index contributed by atoms with van der Waals surface area (Å²) in [6.07, 6.45) is 3.21. The van der Waals surface area contributed by atoms with E-state index in [4.69, 9.17) is 4.52 Å². The Bertz CT molecular complexity index is 839. The lowest BCUT2D eigenvalue weighted by atomic mass is 10.0. The van der Waals surface area contributed by atoms with Crippen molar-refractivity contribution in [1.82, 2.24) is 24.7 Å². The molecule has 10 heteroatoms. The van der Waals surface area contributed by atoms with E-state index in [-0.39, 0.29) is 18.0 Å². The van der Waals surface area contributed by atoms with Crippen LogP contribution >= 0.6 is 0 Å². The molecule has 10 nitrogen and oxygen atoms in total. The molecular formula is C18H25N7O3. The Labute approximate surface area is 163 Å². The lowest BCUT2D eigenvalue weighted by Gasteiger charge is -2.42. The molecule has 0 aromatic carbocycles. The topological polar surface area (TPSA) is 99.7 Å². The Kier molecular flexibility index (Phi) is 5.03. The molecule has 0 spiro atoms. The van der Waals surface area contributed by atoms with Crippen molar-refractivity contribution in [2.75, 3.05) is 42.9 Å². The third-order valence-corrected chi connectivity index (χ3v) is 5.38. The molecule has 4 rings (SSSR count). The summed E-state index contributed by atoms with van der Waals surface area (Å²) in [5.41, 5.74) is 0.902. The minimum atomic E-state index is -0.199. The van der Waals surface area contributed by atoms with Crippen LogP contribution in [0.15, 0.2) is 22.9 Å². The molecule has 150 valence electrons. The summed E-state index contributed by atoms with van der Waals surface area (Å²) in [6, 6.07) is 3.20. The van der Waals surface area contributed by atoms with E-state index in [1.54, 1.807) is 15.6 Å². The summed E-state index contributed by atoms with van der Waals surface area (Å²) in [5, 5.41) is 10.8. The molecule has 3 amide bonds. The zero-order chi connectivity index (χ0) is 19.7. The fourth-order valence-electron chi connectivity index (χ4n) is 3.97. The number of piperazine rings is 1. The van der Waals surface area contributed by atoms with Crippen LogP contribution < -0.4 is 10.2 Å². The van der Waals surface area contributed by atoms with E-state index in [1.807, 2.05) is 24.9 Å². The number of aromatic nitrogens is 3. The fraction of sp³-hybridized carbons (Fsp3) is 0.556. The van der Waals surface area contributed by atoms with Crippen LogP contribution in [0.1, 0.15) is 18.5 Å². The number of anilines is 2. The number of rotatable bonds is 3. The van der Waals surface area contributed by atoms with Crippen LogP contribution in [0.2, 0.25) is 0 Å². The number of hydrogen-bond acceptors (Lipinski definition) is 6. The van der Waals surface area contributed by atoms with Gasteiger partial charge in [-0.1, -0.05) is 5.16 Å². The Morgan fingerprint density at radius 3 is 2.68 bits per heavy atom. The van der Waals surface area contributed by atoms with Gasteiger partial charge in [0.1, 0.15) is 12.1 Å². The van der Waals surface area contributed by atoms with Gasteiger partial charge in [-0.2, -0.15) is 5.10 Å². The third-order valence-electron chi connectivity index (χ3n) is 5.38. The molecule has 2 aromatic heterocycles. The lowest BCUT2D eigenvalue weighted by Crippen LogP contribution is -2.59. The van der Waals surface area contributed by atoms with Crippen LogP contribution in [0.4, 0.5) is 16.4 Å². The largest absolute Gasteiger partial charge is 0.363 e. The zero-order valence-corrected chi connectivity index (χ0v) is 16.2. The van der Waals surface area contributed by atoms with Gasteiger partial charge >= 0.3 is 6.03 Å². The minimum Gasteiger partial charge on any atom is -0.363 e. The van der Waals surface area contributed by atoms with Crippen molar-refractivity contribution >= 4 is 23.6 Å². The quantitative estimate of drug-likeness (QED) is 0.845. The van der Waals surface area contributed by atoms with Crippen LogP contribution in [-0.2, 0) is 11.8 Å². The second-order valence-corrected chi connectivity index (χ2v) is 7.25. The Morgan fingerprint density at radius 1 is 1.25 bits per heavy atom. The van der Waals surface area contributed by atoms with Gasteiger partial charge in [0, 0.05) is 51.9 Å². The molecule has 0 radical (unpaired) electrons. The molecule has 2 aromatic rings. The van der Waals surface area contributed by atoms with Crippen molar-refractivity contribution in [1.29, 1.82) is 0 Å². The standard InChI is InChI=1S/C18H25N7O3/c1-13-12-16(22(2)20-13)25-6-3-4-14(17(25)26)23-7-9-24(10-8-23)18(27)19-15-5-11-28-21-15/h5,11-12,14H,3-4,6-10H2,1-2H3,(H,19,21,27). The first-order valence-corrected chi connectivity index (χ1v) is 9.55. The molecule has 28 heavy (non-hydrogen) atoms.